The first-order valence-electron chi connectivity index (χ1n) is 9.56. The zero-order chi connectivity index (χ0) is 19.6. The summed E-state index contributed by atoms with van der Waals surface area (Å²) in [6.07, 6.45) is 3.91. The van der Waals surface area contributed by atoms with E-state index >= 15 is 0 Å². The average molecular weight is 442 g/mol. The molecule has 0 spiro atoms. The summed E-state index contributed by atoms with van der Waals surface area (Å²) < 4.78 is 34.2. The van der Waals surface area contributed by atoms with Crippen molar-refractivity contribution in [2.45, 2.75) is 35.9 Å². The van der Waals surface area contributed by atoms with Crippen LogP contribution < -0.4 is 19.7 Å². The van der Waals surface area contributed by atoms with E-state index in [-0.39, 0.29) is 10.3 Å². The number of hydrogen-bond donors (Lipinski definition) is 2. The van der Waals surface area contributed by atoms with Crippen LogP contribution in [0.4, 0.5) is 5.69 Å². The number of hydrogen-bond acceptors (Lipinski definition) is 6. The fourth-order valence-corrected chi connectivity index (χ4v) is 6.55. The first kappa shape index (κ1) is 20.0. The highest BCUT2D eigenvalue weighted by atomic mass is 35.5. The van der Waals surface area contributed by atoms with Crippen molar-refractivity contribution in [1.82, 2.24) is 10.0 Å². The molecule has 1 saturated carbocycles. The Kier molecular flexibility index (Phi) is 6.13. The van der Waals surface area contributed by atoms with Crippen LogP contribution in [0, 0.1) is 0 Å². The van der Waals surface area contributed by atoms with Gasteiger partial charge in [0, 0.05) is 44.0 Å². The summed E-state index contributed by atoms with van der Waals surface area (Å²) in [5.41, 5.74) is 1.09. The molecule has 1 aliphatic heterocycles. The number of thiophene rings is 1. The maximum absolute atomic E-state index is 12.6. The van der Waals surface area contributed by atoms with Crippen molar-refractivity contribution < 1.29 is 13.2 Å². The van der Waals surface area contributed by atoms with E-state index < -0.39 is 10.0 Å². The molecule has 1 aromatic heterocycles. The molecule has 0 unspecified atom stereocenters. The van der Waals surface area contributed by atoms with Gasteiger partial charge in [0.2, 0.25) is 15.1 Å². The number of rotatable bonds is 6. The summed E-state index contributed by atoms with van der Waals surface area (Å²) in [5.74, 6) is 0.646. The predicted molar refractivity (Wildman–Crippen MR) is 114 cm³/mol. The summed E-state index contributed by atoms with van der Waals surface area (Å²) in [7, 11) is -3.57. The smallest absolute Gasteiger partial charge is 0.250 e. The van der Waals surface area contributed by atoms with Gasteiger partial charge < -0.3 is 15.0 Å². The molecule has 4 rings (SSSR count). The molecule has 6 nitrogen and oxygen atoms in total. The standard InChI is InChI=1S/C19H24ClN3O3S2/c20-17-13-18(28(24,25)22-14-4-1-2-5-14)27-19(17)26-16-7-3-6-15(12-16)23-10-8-21-9-11-23/h3,6-7,12-14,21-22H,1-2,4-5,8-11H2. The minimum Gasteiger partial charge on any atom is -0.445 e. The zero-order valence-electron chi connectivity index (χ0n) is 15.5. The van der Waals surface area contributed by atoms with E-state index in [1.165, 1.54) is 6.07 Å². The SMILES string of the molecule is O=S(=O)(NC1CCCC1)c1cc(Cl)c(Oc2cccc(N3CCNCC3)c2)s1. The van der Waals surface area contributed by atoms with Gasteiger partial charge in [0.05, 0.1) is 5.02 Å². The van der Waals surface area contributed by atoms with E-state index in [1.807, 2.05) is 18.2 Å². The Morgan fingerprint density at radius 3 is 2.68 bits per heavy atom. The molecule has 0 bridgehead atoms. The van der Waals surface area contributed by atoms with Gasteiger partial charge in [-0.2, -0.15) is 0 Å². The van der Waals surface area contributed by atoms with Crippen molar-refractivity contribution in [3.8, 4) is 10.8 Å². The molecule has 152 valence electrons. The van der Waals surface area contributed by atoms with Crippen LogP contribution in [-0.2, 0) is 10.0 Å². The molecule has 0 radical (unpaired) electrons. The molecule has 28 heavy (non-hydrogen) atoms. The van der Waals surface area contributed by atoms with E-state index in [0.717, 1.165) is 68.9 Å². The molecule has 0 atom stereocenters. The molecule has 1 saturated heterocycles. The lowest BCUT2D eigenvalue weighted by Gasteiger charge is -2.29. The fourth-order valence-electron chi connectivity index (χ4n) is 3.63. The highest BCUT2D eigenvalue weighted by Crippen LogP contribution is 2.40. The monoisotopic (exact) mass is 441 g/mol. The first-order chi connectivity index (χ1) is 13.5. The lowest BCUT2D eigenvalue weighted by Crippen LogP contribution is -2.43. The number of sulfonamides is 1. The topological polar surface area (TPSA) is 70.7 Å². The van der Waals surface area contributed by atoms with Crippen molar-refractivity contribution in [2.75, 3.05) is 31.1 Å². The van der Waals surface area contributed by atoms with Gasteiger partial charge in [-0.25, -0.2) is 13.1 Å². The summed E-state index contributed by atoms with van der Waals surface area (Å²) in [6.45, 7) is 3.80. The largest absolute Gasteiger partial charge is 0.445 e. The fraction of sp³-hybridized carbons (Fsp3) is 0.474. The van der Waals surface area contributed by atoms with Crippen LogP contribution in [0.5, 0.6) is 10.8 Å². The number of ether oxygens (including phenoxy) is 1. The van der Waals surface area contributed by atoms with Gasteiger partial charge in [-0.3, -0.25) is 0 Å². The number of benzene rings is 1. The molecule has 2 aliphatic rings. The second-order valence-corrected chi connectivity index (χ2v) is 10.5. The van der Waals surface area contributed by atoms with Crippen LogP contribution in [-0.4, -0.2) is 40.6 Å². The van der Waals surface area contributed by atoms with Crippen LogP contribution in [0.3, 0.4) is 0 Å². The second kappa shape index (κ2) is 8.59. The number of anilines is 1. The highest BCUT2D eigenvalue weighted by molar-refractivity contribution is 7.91. The van der Waals surface area contributed by atoms with Gasteiger partial charge in [0.25, 0.3) is 0 Å². The Morgan fingerprint density at radius 2 is 1.93 bits per heavy atom. The Balaban J connectivity index is 1.49. The van der Waals surface area contributed by atoms with Crippen LogP contribution in [0.1, 0.15) is 25.7 Å². The molecule has 2 fully saturated rings. The number of halogens is 1. The minimum absolute atomic E-state index is 0.0194. The molecule has 2 aromatic rings. The molecule has 1 aliphatic carbocycles. The van der Waals surface area contributed by atoms with E-state index in [0.29, 0.717) is 15.8 Å². The van der Waals surface area contributed by atoms with Crippen molar-refractivity contribution in [3.05, 3.63) is 35.4 Å². The Morgan fingerprint density at radius 1 is 1.18 bits per heavy atom. The summed E-state index contributed by atoms with van der Waals surface area (Å²) >= 11 is 7.34. The number of nitrogens with zero attached hydrogens (tertiary/aromatic N) is 1. The van der Waals surface area contributed by atoms with Gasteiger partial charge >= 0.3 is 0 Å². The maximum atomic E-state index is 12.6. The Bertz CT molecular complexity index is 920. The normalized spacial score (nSPS) is 18.5. The van der Waals surface area contributed by atoms with Crippen molar-refractivity contribution >= 4 is 38.6 Å². The zero-order valence-corrected chi connectivity index (χ0v) is 17.9. The number of nitrogens with one attached hydrogen (secondary N) is 2. The third-order valence-electron chi connectivity index (χ3n) is 5.09. The predicted octanol–water partition coefficient (Wildman–Crippen LogP) is 3.82. The quantitative estimate of drug-likeness (QED) is 0.713. The Labute approximate surface area is 174 Å². The Hall–Kier alpha value is -1.32. The van der Waals surface area contributed by atoms with Crippen LogP contribution in [0.2, 0.25) is 5.02 Å². The molecule has 1 aromatic carbocycles. The molecule has 0 amide bonds. The molecule has 2 N–H and O–H groups in total. The summed E-state index contributed by atoms with van der Waals surface area (Å²) in [5, 5.41) is 4.04. The number of piperazine rings is 1. The maximum Gasteiger partial charge on any atom is 0.250 e. The van der Waals surface area contributed by atoms with E-state index in [2.05, 4.69) is 21.0 Å². The van der Waals surface area contributed by atoms with E-state index in [9.17, 15) is 8.42 Å². The van der Waals surface area contributed by atoms with Gasteiger partial charge in [-0.15, -0.1) is 0 Å². The van der Waals surface area contributed by atoms with E-state index in [4.69, 9.17) is 16.3 Å². The molecular formula is C19H24ClN3O3S2. The van der Waals surface area contributed by atoms with Crippen LogP contribution in [0.15, 0.2) is 34.5 Å². The third-order valence-corrected chi connectivity index (χ3v) is 8.48. The van der Waals surface area contributed by atoms with Gasteiger partial charge in [0.1, 0.15) is 9.96 Å². The average Bonchev–Trinajstić information content (AvgIpc) is 3.33. The lowest BCUT2D eigenvalue weighted by molar-refractivity contribution is 0.496. The van der Waals surface area contributed by atoms with Crippen molar-refractivity contribution in [1.29, 1.82) is 0 Å². The molecule has 9 heteroatoms. The third kappa shape index (κ3) is 4.63. The van der Waals surface area contributed by atoms with Crippen molar-refractivity contribution in [3.63, 3.8) is 0 Å². The molecular weight excluding hydrogens is 418 g/mol. The minimum atomic E-state index is -3.57. The second-order valence-electron chi connectivity index (χ2n) is 7.14. The highest BCUT2D eigenvalue weighted by Gasteiger charge is 2.26. The first-order valence-corrected chi connectivity index (χ1v) is 12.2. The van der Waals surface area contributed by atoms with Gasteiger partial charge in [0.15, 0.2) is 0 Å². The van der Waals surface area contributed by atoms with Gasteiger partial charge in [-0.05, 0) is 31.0 Å². The van der Waals surface area contributed by atoms with Gasteiger partial charge in [-0.1, -0.05) is 41.8 Å². The van der Waals surface area contributed by atoms with Crippen molar-refractivity contribution in [2.24, 2.45) is 0 Å². The summed E-state index contributed by atoms with van der Waals surface area (Å²) in [4.78, 5) is 2.29. The lowest BCUT2D eigenvalue weighted by atomic mass is 10.2. The van der Waals surface area contributed by atoms with Crippen LogP contribution >= 0.6 is 22.9 Å². The van der Waals surface area contributed by atoms with E-state index in [1.54, 1.807) is 0 Å². The van der Waals surface area contributed by atoms with Crippen LogP contribution in [0.25, 0.3) is 0 Å². The summed E-state index contributed by atoms with van der Waals surface area (Å²) in [6, 6.07) is 9.30. The molecule has 2 heterocycles.